The average molecular weight is 580 g/mol. The van der Waals surface area contributed by atoms with E-state index < -0.39 is 62.9 Å². The third-order valence-corrected chi connectivity index (χ3v) is 10.2. The largest absolute Gasteiger partial charge is 0.463 e. The molecule has 0 spiro atoms. The molecule has 0 aromatic rings. The van der Waals surface area contributed by atoms with Crippen molar-refractivity contribution in [3.8, 4) is 0 Å². The standard InChI is InChI=1S/C23H39O11SSi2/c1-15(24)29-14-19-20(30-16(2)25)21(31-17(3)26)22(32-18(4)27)23(33-19)28-10-7-8-11-35-12-9-13-37(5,6)34-36/h19-23H,7-14H2,1-6H3/t19?,20-,21-,22?,23-/m1/s1. The molecule has 1 fully saturated rings. The number of rotatable bonds is 16. The van der Waals surface area contributed by atoms with Gasteiger partial charge in [-0.1, -0.05) is 0 Å². The maximum Gasteiger partial charge on any atom is 0.303 e. The zero-order valence-corrected chi connectivity index (χ0v) is 25.3. The highest BCUT2D eigenvalue weighted by molar-refractivity contribution is 7.99. The van der Waals surface area contributed by atoms with E-state index in [2.05, 4.69) is 23.6 Å². The first-order valence-corrected chi connectivity index (χ1v) is 16.9. The van der Waals surface area contributed by atoms with Crippen LogP contribution in [0, 0.1) is 0 Å². The van der Waals surface area contributed by atoms with Crippen molar-refractivity contribution in [3.05, 3.63) is 0 Å². The van der Waals surface area contributed by atoms with Crippen LogP contribution in [0.25, 0.3) is 0 Å². The molecule has 1 heterocycles. The van der Waals surface area contributed by atoms with Gasteiger partial charge in [-0.2, -0.15) is 11.8 Å². The van der Waals surface area contributed by atoms with Gasteiger partial charge in [-0.3, -0.25) is 19.2 Å². The fourth-order valence-electron chi connectivity index (χ4n) is 3.58. The number of carbonyl (C=O) groups is 4. The van der Waals surface area contributed by atoms with Crippen molar-refractivity contribution in [1.29, 1.82) is 0 Å². The molecule has 0 aromatic carbocycles. The summed E-state index contributed by atoms with van der Waals surface area (Å²) < 4.78 is 38.4. The van der Waals surface area contributed by atoms with Crippen molar-refractivity contribution >= 4 is 54.4 Å². The normalized spacial score (nSPS) is 23.7. The molecule has 1 rings (SSSR count). The lowest BCUT2D eigenvalue weighted by molar-refractivity contribution is -0.308. The highest BCUT2D eigenvalue weighted by atomic mass is 32.2. The van der Waals surface area contributed by atoms with E-state index >= 15 is 0 Å². The molecule has 0 aliphatic carbocycles. The number of thioether (sulfide) groups is 1. The zero-order chi connectivity index (χ0) is 28.0. The van der Waals surface area contributed by atoms with Gasteiger partial charge in [-0.05, 0) is 49.9 Å². The van der Waals surface area contributed by atoms with E-state index in [4.69, 9.17) is 32.5 Å². The Balaban J connectivity index is 2.78. The summed E-state index contributed by atoms with van der Waals surface area (Å²) in [4.78, 5) is 46.8. The minimum absolute atomic E-state index is 0.283. The van der Waals surface area contributed by atoms with Gasteiger partial charge in [-0.15, -0.1) is 0 Å². The van der Waals surface area contributed by atoms with Gasteiger partial charge in [0.15, 0.2) is 32.9 Å². The highest BCUT2D eigenvalue weighted by Gasteiger charge is 2.52. The highest BCUT2D eigenvalue weighted by Crippen LogP contribution is 2.30. The van der Waals surface area contributed by atoms with Crippen molar-refractivity contribution in [3.63, 3.8) is 0 Å². The fourth-order valence-corrected chi connectivity index (χ4v) is 6.24. The molecule has 37 heavy (non-hydrogen) atoms. The first-order valence-electron chi connectivity index (χ1n) is 12.2. The van der Waals surface area contributed by atoms with Gasteiger partial charge in [-0.25, -0.2) is 0 Å². The summed E-state index contributed by atoms with van der Waals surface area (Å²) in [5.74, 6) is -0.589. The quantitative estimate of drug-likeness (QED) is 0.115. The number of hydrogen-bond acceptors (Lipinski definition) is 12. The number of hydrogen-bond donors (Lipinski definition) is 0. The molecule has 5 atom stereocenters. The molecule has 0 saturated carbocycles. The van der Waals surface area contributed by atoms with Crippen LogP contribution < -0.4 is 0 Å². The number of esters is 4. The van der Waals surface area contributed by atoms with E-state index in [0.29, 0.717) is 6.42 Å². The molecule has 1 aliphatic rings. The monoisotopic (exact) mass is 579 g/mol. The molecule has 3 radical (unpaired) electrons. The van der Waals surface area contributed by atoms with E-state index in [1.807, 2.05) is 11.8 Å². The van der Waals surface area contributed by atoms with Gasteiger partial charge < -0.3 is 32.5 Å². The molecule has 1 saturated heterocycles. The van der Waals surface area contributed by atoms with Gasteiger partial charge in [0.1, 0.15) is 12.7 Å². The van der Waals surface area contributed by atoms with Gasteiger partial charge in [0.2, 0.25) is 10.5 Å². The number of ether oxygens (including phenoxy) is 6. The van der Waals surface area contributed by atoms with E-state index in [0.717, 1.165) is 30.4 Å². The number of unbranched alkanes of at least 4 members (excludes halogenated alkanes) is 1. The Morgan fingerprint density at radius 1 is 0.811 bits per heavy atom. The van der Waals surface area contributed by atoms with Gasteiger partial charge in [0.25, 0.3) is 0 Å². The summed E-state index contributed by atoms with van der Waals surface area (Å²) in [6, 6.07) is 1.08. The Labute approximate surface area is 227 Å². The summed E-state index contributed by atoms with van der Waals surface area (Å²) in [5, 5.41) is 0. The summed E-state index contributed by atoms with van der Waals surface area (Å²) in [7, 11) is 1.56. The van der Waals surface area contributed by atoms with Gasteiger partial charge in [0, 0.05) is 34.3 Å². The Bertz CT molecular complexity index is 752. The molecule has 14 heteroatoms. The molecule has 0 bridgehead atoms. The topological polar surface area (TPSA) is 133 Å². The van der Waals surface area contributed by atoms with Crippen LogP contribution in [0.3, 0.4) is 0 Å². The Morgan fingerprint density at radius 2 is 1.38 bits per heavy atom. The first kappa shape index (κ1) is 33.6. The van der Waals surface area contributed by atoms with E-state index in [9.17, 15) is 19.2 Å². The molecular formula is C23H39O11SSi2. The lowest BCUT2D eigenvalue weighted by Gasteiger charge is -2.44. The van der Waals surface area contributed by atoms with Crippen molar-refractivity contribution in [2.24, 2.45) is 0 Å². The minimum Gasteiger partial charge on any atom is -0.463 e. The Hall–Kier alpha value is -1.46. The Morgan fingerprint density at radius 3 is 1.95 bits per heavy atom. The van der Waals surface area contributed by atoms with E-state index in [-0.39, 0.29) is 13.2 Å². The second-order valence-electron chi connectivity index (χ2n) is 9.22. The second-order valence-corrected chi connectivity index (χ2v) is 15.3. The molecule has 0 aromatic heterocycles. The fraction of sp³-hybridized carbons (Fsp3) is 0.826. The van der Waals surface area contributed by atoms with Crippen LogP contribution in [-0.2, 0) is 51.7 Å². The third kappa shape index (κ3) is 13.8. The lowest BCUT2D eigenvalue weighted by Crippen LogP contribution is -2.63. The van der Waals surface area contributed by atoms with Crippen LogP contribution in [0.4, 0.5) is 0 Å². The maximum atomic E-state index is 11.9. The molecular weight excluding hydrogens is 540 g/mol. The zero-order valence-electron chi connectivity index (χ0n) is 22.4. The van der Waals surface area contributed by atoms with Gasteiger partial charge >= 0.3 is 23.9 Å². The van der Waals surface area contributed by atoms with Crippen LogP contribution in [0.2, 0.25) is 19.1 Å². The summed E-state index contributed by atoms with van der Waals surface area (Å²) in [5.41, 5.74) is 0. The predicted molar refractivity (Wildman–Crippen MR) is 138 cm³/mol. The first-order chi connectivity index (χ1) is 17.4. The molecule has 211 valence electrons. The third-order valence-electron chi connectivity index (χ3n) is 5.26. The van der Waals surface area contributed by atoms with Gasteiger partial charge in [0.05, 0.1) is 0 Å². The van der Waals surface area contributed by atoms with E-state index in [1.54, 1.807) is 0 Å². The molecule has 2 unspecified atom stereocenters. The maximum absolute atomic E-state index is 11.9. The van der Waals surface area contributed by atoms with Crippen LogP contribution in [0.1, 0.15) is 47.0 Å². The van der Waals surface area contributed by atoms with Crippen molar-refractivity contribution in [2.45, 2.75) is 96.8 Å². The van der Waals surface area contributed by atoms with Crippen LogP contribution in [-0.4, -0.2) is 98.1 Å². The van der Waals surface area contributed by atoms with Crippen LogP contribution >= 0.6 is 11.8 Å². The second kappa shape index (κ2) is 17.2. The Kier molecular flexibility index (Phi) is 15.6. The summed E-state index contributed by atoms with van der Waals surface area (Å²) in [6.07, 6.45) is -3.06. The van der Waals surface area contributed by atoms with Crippen molar-refractivity contribution in [1.82, 2.24) is 0 Å². The molecule has 0 N–H and O–H groups in total. The molecule has 1 aliphatic heterocycles. The van der Waals surface area contributed by atoms with Crippen LogP contribution in [0.15, 0.2) is 0 Å². The predicted octanol–water partition coefficient (Wildman–Crippen LogP) is 2.29. The van der Waals surface area contributed by atoms with Crippen molar-refractivity contribution < 1.29 is 51.7 Å². The minimum atomic E-state index is -1.60. The van der Waals surface area contributed by atoms with E-state index in [1.165, 1.54) is 27.7 Å². The number of carbonyl (C=O) groups excluding carboxylic acids is 4. The van der Waals surface area contributed by atoms with Crippen molar-refractivity contribution in [2.75, 3.05) is 24.7 Å². The smallest absolute Gasteiger partial charge is 0.303 e. The SMILES string of the molecule is CC(=O)OCC1O[C@@H](OCCCCSCCC[Si](C)(C)O[Si])C(OC(C)=O)[C@H](OC(C)=O)[C@@H]1OC(C)=O. The van der Waals surface area contributed by atoms with Crippen LogP contribution in [0.5, 0.6) is 0 Å². The summed E-state index contributed by atoms with van der Waals surface area (Å²) >= 11 is 1.86. The summed E-state index contributed by atoms with van der Waals surface area (Å²) in [6.45, 7) is 9.09. The average Bonchev–Trinajstić information content (AvgIpc) is 2.79. The molecule has 11 nitrogen and oxygen atoms in total. The molecule has 0 amide bonds. The lowest BCUT2D eigenvalue weighted by atomic mass is 9.98.